The monoisotopic (exact) mass is 298 g/mol. The van der Waals surface area contributed by atoms with Gasteiger partial charge in [-0.25, -0.2) is 0 Å². The highest BCUT2D eigenvalue weighted by molar-refractivity contribution is 7.16. The third-order valence-corrected chi connectivity index (χ3v) is 4.49. The summed E-state index contributed by atoms with van der Waals surface area (Å²) in [6.45, 7) is 1.92. The highest BCUT2D eigenvalue weighted by Crippen LogP contribution is 2.38. The number of methoxy groups -OCH3 is 2. The molecule has 1 heterocycles. The normalized spacial score (nSPS) is 12.3. The predicted octanol–water partition coefficient (Wildman–Crippen LogP) is 3.81. The second-order valence-corrected chi connectivity index (χ2v) is 5.80. The summed E-state index contributed by atoms with van der Waals surface area (Å²) in [6.07, 6.45) is -0.753. The van der Waals surface area contributed by atoms with Crippen LogP contribution in [0.5, 0.6) is 11.5 Å². The molecular weight excluding hydrogens is 284 g/mol. The molecule has 0 fully saturated rings. The standard InChI is InChI=1S/C14H15ClO3S/c1-8-6-12(19-14(8)15)13(16)10-5-4-9(17-2)7-11(10)18-3/h4-7,13,16H,1-3H3. The topological polar surface area (TPSA) is 38.7 Å². The zero-order valence-electron chi connectivity index (χ0n) is 10.9. The highest BCUT2D eigenvalue weighted by Gasteiger charge is 2.19. The Bertz CT molecular complexity index is 561. The van der Waals surface area contributed by atoms with Gasteiger partial charge in [0.1, 0.15) is 17.6 Å². The van der Waals surface area contributed by atoms with E-state index in [-0.39, 0.29) is 0 Å². The van der Waals surface area contributed by atoms with Crippen molar-refractivity contribution in [2.75, 3.05) is 14.2 Å². The lowest BCUT2D eigenvalue weighted by Gasteiger charge is -2.14. The molecule has 0 saturated heterocycles. The van der Waals surface area contributed by atoms with Crippen LogP contribution in [-0.2, 0) is 0 Å². The first kappa shape index (κ1) is 14.2. The van der Waals surface area contributed by atoms with E-state index in [1.807, 2.05) is 13.0 Å². The van der Waals surface area contributed by atoms with Gasteiger partial charge in [0.05, 0.1) is 18.6 Å². The molecule has 19 heavy (non-hydrogen) atoms. The van der Waals surface area contributed by atoms with Gasteiger partial charge in [0.15, 0.2) is 0 Å². The largest absolute Gasteiger partial charge is 0.497 e. The SMILES string of the molecule is COc1ccc(C(O)c2cc(C)c(Cl)s2)c(OC)c1. The molecule has 0 aliphatic heterocycles. The third-order valence-electron chi connectivity index (χ3n) is 2.88. The van der Waals surface area contributed by atoms with E-state index in [2.05, 4.69) is 0 Å². The third kappa shape index (κ3) is 2.86. The molecule has 0 saturated carbocycles. The molecule has 1 N–H and O–H groups in total. The summed E-state index contributed by atoms with van der Waals surface area (Å²) < 4.78 is 11.1. The summed E-state index contributed by atoms with van der Waals surface area (Å²) in [7, 11) is 3.16. The predicted molar refractivity (Wildman–Crippen MR) is 77.7 cm³/mol. The Morgan fingerprint density at radius 1 is 1.21 bits per heavy atom. The maximum atomic E-state index is 10.4. The van der Waals surface area contributed by atoms with Crippen LogP contribution < -0.4 is 9.47 Å². The first-order valence-corrected chi connectivity index (χ1v) is 6.92. The molecule has 1 aromatic heterocycles. The molecule has 1 atom stereocenters. The molecule has 1 unspecified atom stereocenters. The van der Waals surface area contributed by atoms with Gasteiger partial charge in [-0.1, -0.05) is 11.6 Å². The Kier molecular flexibility index (Phi) is 4.34. The van der Waals surface area contributed by atoms with Gasteiger partial charge in [0.25, 0.3) is 0 Å². The molecule has 0 amide bonds. The second kappa shape index (κ2) is 5.82. The van der Waals surface area contributed by atoms with Gasteiger partial charge in [-0.15, -0.1) is 11.3 Å². The fraction of sp³-hybridized carbons (Fsp3) is 0.286. The molecule has 0 spiro atoms. The van der Waals surface area contributed by atoms with Crippen LogP contribution in [0.4, 0.5) is 0 Å². The Morgan fingerprint density at radius 3 is 2.47 bits per heavy atom. The van der Waals surface area contributed by atoms with Gasteiger partial charge >= 0.3 is 0 Å². The Morgan fingerprint density at radius 2 is 1.95 bits per heavy atom. The van der Waals surface area contributed by atoms with Crippen molar-refractivity contribution < 1.29 is 14.6 Å². The van der Waals surface area contributed by atoms with Crippen molar-refractivity contribution in [2.45, 2.75) is 13.0 Å². The van der Waals surface area contributed by atoms with Gasteiger partial charge < -0.3 is 14.6 Å². The average Bonchev–Trinajstić information content (AvgIpc) is 2.77. The van der Waals surface area contributed by atoms with Gasteiger partial charge in [0, 0.05) is 16.5 Å². The van der Waals surface area contributed by atoms with Crippen molar-refractivity contribution in [1.82, 2.24) is 0 Å². The zero-order valence-corrected chi connectivity index (χ0v) is 12.5. The van der Waals surface area contributed by atoms with Crippen molar-refractivity contribution >= 4 is 22.9 Å². The summed E-state index contributed by atoms with van der Waals surface area (Å²) >= 11 is 7.41. The van der Waals surface area contributed by atoms with Crippen LogP contribution in [0.2, 0.25) is 4.34 Å². The minimum absolute atomic E-state index is 0.592. The molecule has 3 nitrogen and oxygen atoms in total. The van der Waals surface area contributed by atoms with Gasteiger partial charge in [-0.3, -0.25) is 0 Å². The maximum absolute atomic E-state index is 10.4. The van der Waals surface area contributed by atoms with Crippen molar-refractivity contribution in [3.63, 3.8) is 0 Å². The summed E-state index contributed by atoms with van der Waals surface area (Å²) in [5, 5.41) is 10.4. The van der Waals surface area contributed by atoms with E-state index in [1.165, 1.54) is 11.3 Å². The number of aryl methyl sites for hydroxylation is 1. The summed E-state index contributed by atoms with van der Waals surface area (Å²) in [5.74, 6) is 1.28. The number of ether oxygens (including phenoxy) is 2. The number of hydrogen-bond acceptors (Lipinski definition) is 4. The van der Waals surface area contributed by atoms with Gasteiger partial charge in [0.2, 0.25) is 0 Å². The second-order valence-electron chi connectivity index (χ2n) is 4.12. The quantitative estimate of drug-likeness (QED) is 0.933. The summed E-state index contributed by atoms with van der Waals surface area (Å²) in [6, 6.07) is 7.23. The average molecular weight is 299 g/mol. The lowest BCUT2D eigenvalue weighted by atomic mass is 10.1. The van der Waals surface area contributed by atoms with Gasteiger partial charge in [-0.05, 0) is 30.7 Å². The van der Waals surface area contributed by atoms with Crippen LogP contribution >= 0.6 is 22.9 Å². The summed E-state index contributed by atoms with van der Waals surface area (Å²) in [4.78, 5) is 0.797. The number of halogens is 1. The van der Waals surface area contributed by atoms with Crippen LogP contribution in [-0.4, -0.2) is 19.3 Å². The van der Waals surface area contributed by atoms with Crippen LogP contribution in [0.3, 0.4) is 0 Å². The molecule has 0 radical (unpaired) electrons. The van der Waals surface area contributed by atoms with E-state index in [0.29, 0.717) is 21.4 Å². The van der Waals surface area contributed by atoms with E-state index < -0.39 is 6.10 Å². The van der Waals surface area contributed by atoms with E-state index in [9.17, 15) is 5.11 Å². The van der Waals surface area contributed by atoms with Crippen molar-refractivity contribution in [3.05, 3.63) is 44.6 Å². The Balaban J connectivity index is 2.40. The minimum atomic E-state index is -0.753. The van der Waals surface area contributed by atoms with Crippen LogP contribution in [0.15, 0.2) is 24.3 Å². The van der Waals surface area contributed by atoms with Crippen molar-refractivity contribution in [1.29, 1.82) is 0 Å². The smallest absolute Gasteiger partial charge is 0.128 e. The zero-order chi connectivity index (χ0) is 14.0. The number of aliphatic hydroxyl groups excluding tert-OH is 1. The van der Waals surface area contributed by atoms with E-state index in [4.69, 9.17) is 21.1 Å². The Labute approximate surface area is 121 Å². The number of benzene rings is 1. The molecular formula is C14H15ClO3S. The number of hydrogen-bond donors (Lipinski definition) is 1. The number of aliphatic hydroxyl groups is 1. The fourth-order valence-corrected chi connectivity index (χ4v) is 3.04. The molecule has 0 bridgehead atoms. The molecule has 1 aromatic carbocycles. The minimum Gasteiger partial charge on any atom is -0.497 e. The van der Waals surface area contributed by atoms with Crippen LogP contribution in [0, 0.1) is 6.92 Å². The van der Waals surface area contributed by atoms with Gasteiger partial charge in [-0.2, -0.15) is 0 Å². The summed E-state index contributed by atoms with van der Waals surface area (Å²) in [5.41, 5.74) is 1.66. The van der Waals surface area contributed by atoms with Crippen molar-refractivity contribution in [2.24, 2.45) is 0 Å². The lowest BCUT2D eigenvalue weighted by Crippen LogP contribution is -2.01. The first-order chi connectivity index (χ1) is 9.06. The highest BCUT2D eigenvalue weighted by atomic mass is 35.5. The molecule has 5 heteroatoms. The fourth-order valence-electron chi connectivity index (χ4n) is 1.82. The van der Waals surface area contributed by atoms with E-state index >= 15 is 0 Å². The number of rotatable bonds is 4. The molecule has 0 aliphatic rings. The van der Waals surface area contributed by atoms with Crippen LogP contribution in [0.1, 0.15) is 22.1 Å². The maximum Gasteiger partial charge on any atom is 0.128 e. The van der Waals surface area contributed by atoms with E-state index in [1.54, 1.807) is 32.4 Å². The van der Waals surface area contributed by atoms with E-state index in [0.717, 1.165) is 10.4 Å². The molecule has 2 aromatic rings. The first-order valence-electron chi connectivity index (χ1n) is 5.72. The lowest BCUT2D eigenvalue weighted by molar-refractivity contribution is 0.218. The molecule has 0 aliphatic carbocycles. The number of thiophene rings is 1. The molecule has 2 rings (SSSR count). The van der Waals surface area contributed by atoms with Crippen molar-refractivity contribution in [3.8, 4) is 11.5 Å². The van der Waals surface area contributed by atoms with Crippen LogP contribution in [0.25, 0.3) is 0 Å². The molecule has 102 valence electrons. The Hall–Kier alpha value is -1.23.